The van der Waals surface area contributed by atoms with Crippen LogP contribution in [-0.4, -0.2) is 26.7 Å². The molecule has 0 aliphatic heterocycles. The molecular formula is C16H21BrClN5O. The Morgan fingerprint density at radius 2 is 2.25 bits per heavy atom. The van der Waals surface area contributed by atoms with E-state index in [1.54, 1.807) is 11.0 Å². The molecular weight excluding hydrogens is 394 g/mol. The lowest BCUT2D eigenvalue weighted by molar-refractivity contribution is -0.117. The lowest BCUT2D eigenvalue weighted by Crippen LogP contribution is -2.28. The summed E-state index contributed by atoms with van der Waals surface area (Å²) in [6, 6.07) is 8.14. The van der Waals surface area contributed by atoms with Gasteiger partial charge in [0.05, 0.1) is 6.54 Å². The minimum absolute atomic E-state index is 0. The summed E-state index contributed by atoms with van der Waals surface area (Å²) in [6.45, 7) is 0.607. The smallest absolute Gasteiger partial charge is 0.248 e. The standard InChI is InChI=1S/C16H20BrN5O.ClH/c17-13-5-1-3-11(7-13)9-22-10-19-16(21-22)20-15(23)8-12-4-2-6-14(12)18;/h1,3,5,7,10,12,14H,2,4,6,8-9,18H2,(H,20,21,23);1H/t12-,14+;/m0./s1. The normalized spacial score (nSPS) is 19.8. The van der Waals surface area contributed by atoms with E-state index >= 15 is 0 Å². The van der Waals surface area contributed by atoms with Gasteiger partial charge in [0.25, 0.3) is 0 Å². The van der Waals surface area contributed by atoms with Gasteiger partial charge >= 0.3 is 0 Å². The largest absolute Gasteiger partial charge is 0.327 e. The van der Waals surface area contributed by atoms with Crippen LogP contribution in [0.2, 0.25) is 0 Å². The topological polar surface area (TPSA) is 85.8 Å². The van der Waals surface area contributed by atoms with Gasteiger partial charge in [-0.15, -0.1) is 17.5 Å². The first kappa shape index (κ1) is 18.9. The molecule has 3 N–H and O–H groups in total. The van der Waals surface area contributed by atoms with Crippen molar-refractivity contribution in [3.8, 4) is 0 Å². The van der Waals surface area contributed by atoms with Crippen molar-refractivity contribution in [1.29, 1.82) is 0 Å². The van der Waals surface area contributed by atoms with Crippen molar-refractivity contribution in [3.63, 3.8) is 0 Å². The average molecular weight is 415 g/mol. The quantitative estimate of drug-likeness (QED) is 0.787. The van der Waals surface area contributed by atoms with E-state index < -0.39 is 0 Å². The first-order valence-electron chi connectivity index (χ1n) is 7.79. The molecule has 0 radical (unpaired) electrons. The second kappa shape index (κ2) is 8.60. The molecule has 6 nitrogen and oxygen atoms in total. The summed E-state index contributed by atoms with van der Waals surface area (Å²) in [5.41, 5.74) is 7.11. The molecule has 2 aromatic rings. The molecule has 3 rings (SSSR count). The van der Waals surface area contributed by atoms with Crippen molar-refractivity contribution in [3.05, 3.63) is 40.6 Å². The van der Waals surface area contributed by atoms with E-state index in [-0.39, 0.29) is 30.3 Å². The fraction of sp³-hybridized carbons (Fsp3) is 0.438. The second-order valence-corrected chi connectivity index (χ2v) is 6.92. The van der Waals surface area contributed by atoms with E-state index in [9.17, 15) is 4.79 Å². The summed E-state index contributed by atoms with van der Waals surface area (Å²) in [5.74, 6) is 0.558. The van der Waals surface area contributed by atoms with Crippen LogP contribution in [0, 0.1) is 5.92 Å². The Morgan fingerprint density at radius 1 is 1.42 bits per heavy atom. The van der Waals surface area contributed by atoms with Crippen molar-refractivity contribution < 1.29 is 4.79 Å². The molecule has 24 heavy (non-hydrogen) atoms. The third-order valence-electron chi connectivity index (χ3n) is 4.19. The summed E-state index contributed by atoms with van der Waals surface area (Å²) >= 11 is 3.45. The Morgan fingerprint density at radius 3 is 2.96 bits per heavy atom. The number of carbonyl (C=O) groups excluding carboxylic acids is 1. The zero-order valence-electron chi connectivity index (χ0n) is 13.2. The first-order chi connectivity index (χ1) is 11.1. The van der Waals surface area contributed by atoms with Crippen LogP contribution in [0.5, 0.6) is 0 Å². The Hall–Kier alpha value is -1.44. The number of nitrogens with two attached hydrogens (primary N) is 1. The number of aromatic nitrogens is 3. The highest BCUT2D eigenvalue weighted by Gasteiger charge is 2.26. The minimum Gasteiger partial charge on any atom is -0.327 e. The van der Waals surface area contributed by atoms with E-state index in [1.165, 1.54) is 0 Å². The molecule has 8 heteroatoms. The van der Waals surface area contributed by atoms with E-state index in [2.05, 4.69) is 31.3 Å². The number of benzene rings is 1. The highest BCUT2D eigenvalue weighted by Crippen LogP contribution is 2.26. The molecule has 1 aromatic heterocycles. The van der Waals surface area contributed by atoms with Gasteiger partial charge in [0.2, 0.25) is 11.9 Å². The number of halogens is 2. The molecule has 1 saturated carbocycles. The fourth-order valence-corrected chi connectivity index (χ4v) is 3.43. The van der Waals surface area contributed by atoms with Crippen LogP contribution in [-0.2, 0) is 11.3 Å². The Bertz CT molecular complexity index is 693. The van der Waals surface area contributed by atoms with Crippen LogP contribution in [0.15, 0.2) is 35.1 Å². The number of nitrogens with zero attached hydrogens (tertiary/aromatic N) is 3. The number of anilines is 1. The van der Waals surface area contributed by atoms with E-state index in [0.717, 1.165) is 29.3 Å². The van der Waals surface area contributed by atoms with Crippen LogP contribution in [0.25, 0.3) is 0 Å². The minimum atomic E-state index is -0.0624. The average Bonchev–Trinajstić information content (AvgIpc) is 3.09. The van der Waals surface area contributed by atoms with Crippen molar-refractivity contribution in [2.45, 2.75) is 38.3 Å². The van der Waals surface area contributed by atoms with Gasteiger partial charge in [-0.05, 0) is 36.5 Å². The van der Waals surface area contributed by atoms with Crippen LogP contribution in [0.3, 0.4) is 0 Å². The van der Waals surface area contributed by atoms with Gasteiger partial charge in [-0.3, -0.25) is 10.1 Å². The molecule has 1 amide bonds. The van der Waals surface area contributed by atoms with Gasteiger partial charge in [0.15, 0.2) is 0 Å². The number of hydrogen-bond donors (Lipinski definition) is 2. The molecule has 1 heterocycles. The molecule has 1 fully saturated rings. The molecule has 1 aliphatic carbocycles. The maximum Gasteiger partial charge on any atom is 0.248 e. The van der Waals surface area contributed by atoms with Crippen LogP contribution in [0.4, 0.5) is 5.95 Å². The molecule has 130 valence electrons. The summed E-state index contributed by atoms with van der Waals surface area (Å²) in [5, 5.41) is 7.06. The van der Waals surface area contributed by atoms with Crippen LogP contribution in [0.1, 0.15) is 31.2 Å². The van der Waals surface area contributed by atoms with Crippen LogP contribution < -0.4 is 11.1 Å². The third-order valence-corrected chi connectivity index (χ3v) is 4.68. The number of rotatable bonds is 5. The molecule has 0 spiro atoms. The zero-order chi connectivity index (χ0) is 16.2. The Labute approximate surface area is 155 Å². The summed E-state index contributed by atoms with van der Waals surface area (Å²) in [6.07, 6.45) is 5.22. The van der Waals surface area contributed by atoms with E-state index in [1.807, 2.05) is 24.3 Å². The van der Waals surface area contributed by atoms with Gasteiger partial charge < -0.3 is 5.73 Å². The Balaban J connectivity index is 0.00000208. The van der Waals surface area contributed by atoms with E-state index in [4.69, 9.17) is 5.73 Å². The van der Waals surface area contributed by atoms with Gasteiger partial charge in [-0.1, -0.05) is 34.5 Å². The number of amides is 1. The fourth-order valence-electron chi connectivity index (χ4n) is 2.98. The predicted molar refractivity (Wildman–Crippen MR) is 99.1 cm³/mol. The Kier molecular flexibility index (Phi) is 6.77. The van der Waals surface area contributed by atoms with Crippen molar-refractivity contribution in [2.75, 3.05) is 5.32 Å². The van der Waals surface area contributed by atoms with Crippen molar-refractivity contribution in [1.82, 2.24) is 14.8 Å². The predicted octanol–water partition coefficient (Wildman–Crippen LogP) is 2.97. The number of hydrogen-bond acceptors (Lipinski definition) is 4. The second-order valence-electron chi connectivity index (χ2n) is 6.00. The molecule has 2 atom stereocenters. The highest BCUT2D eigenvalue weighted by atomic mass is 79.9. The first-order valence-corrected chi connectivity index (χ1v) is 8.59. The summed E-state index contributed by atoms with van der Waals surface area (Å²) in [7, 11) is 0. The third kappa shape index (κ3) is 5.03. The SMILES string of the molecule is Cl.N[C@@H]1CCC[C@H]1CC(=O)Nc1ncn(Cc2cccc(Br)c2)n1. The monoisotopic (exact) mass is 413 g/mol. The molecule has 0 saturated heterocycles. The highest BCUT2D eigenvalue weighted by molar-refractivity contribution is 9.10. The molecule has 1 aromatic carbocycles. The lowest BCUT2D eigenvalue weighted by atomic mass is 10.00. The number of nitrogens with one attached hydrogen (secondary N) is 1. The maximum absolute atomic E-state index is 12.1. The van der Waals surface area contributed by atoms with Crippen LogP contribution >= 0.6 is 28.3 Å². The van der Waals surface area contributed by atoms with Crippen molar-refractivity contribution in [2.24, 2.45) is 11.7 Å². The summed E-state index contributed by atoms with van der Waals surface area (Å²) < 4.78 is 2.73. The molecule has 0 bridgehead atoms. The maximum atomic E-state index is 12.1. The molecule has 0 unspecified atom stereocenters. The summed E-state index contributed by atoms with van der Waals surface area (Å²) in [4.78, 5) is 16.2. The van der Waals surface area contributed by atoms with Gasteiger partial charge in [0.1, 0.15) is 6.33 Å². The lowest BCUT2D eigenvalue weighted by Gasteiger charge is -2.13. The van der Waals surface area contributed by atoms with Gasteiger partial charge in [-0.2, -0.15) is 0 Å². The molecule has 1 aliphatic rings. The van der Waals surface area contributed by atoms with Gasteiger partial charge in [-0.25, -0.2) is 9.67 Å². The zero-order valence-corrected chi connectivity index (χ0v) is 15.6. The van der Waals surface area contributed by atoms with Crippen molar-refractivity contribution >= 4 is 40.2 Å². The van der Waals surface area contributed by atoms with Gasteiger partial charge in [0, 0.05) is 16.9 Å². The van der Waals surface area contributed by atoms with E-state index in [0.29, 0.717) is 18.9 Å². The number of carbonyl (C=O) groups is 1.